The maximum atomic E-state index is 11.6. The lowest BCUT2D eigenvalue weighted by molar-refractivity contribution is 0.306. The van der Waals surface area contributed by atoms with Gasteiger partial charge >= 0.3 is 5.63 Å². The minimum absolute atomic E-state index is 0.342. The Morgan fingerprint density at radius 1 is 0.952 bits per heavy atom. The first-order chi connectivity index (χ1) is 10.1. The lowest BCUT2D eigenvalue weighted by Crippen LogP contribution is -2.04. The van der Waals surface area contributed by atoms with E-state index in [1.54, 1.807) is 0 Å². The second kappa shape index (κ2) is 5.44. The quantitative estimate of drug-likeness (QED) is 0.681. The van der Waals surface area contributed by atoms with Crippen LogP contribution in [-0.2, 0) is 6.61 Å². The molecule has 106 valence electrons. The summed E-state index contributed by atoms with van der Waals surface area (Å²) in [5.74, 6) is 0.787. The van der Waals surface area contributed by atoms with E-state index in [9.17, 15) is 4.79 Å². The van der Waals surface area contributed by atoms with Gasteiger partial charge in [0, 0.05) is 17.0 Å². The number of aryl methyl sites for hydroxylation is 2. The highest BCUT2D eigenvalue weighted by Gasteiger charge is 2.07. The lowest BCUT2D eigenvalue weighted by atomic mass is 10.1. The van der Waals surface area contributed by atoms with Crippen LogP contribution in [0.1, 0.15) is 16.7 Å². The van der Waals surface area contributed by atoms with Gasteiger partial charge in [0.25, 0.3) is 0 Å². The highest BCUT2D eigenvalue weighted by molar-refractivity contribution is 5.80. The number of rotatable bonds is 3. The van der Waals surface area contributed by atoms with Gasteiger partial charge < -0.3 is 9.15 Å². The standard InChI is InChI=1S/C18H16O3/c1-12-3-6-15(7-4-12)20-11-14-10-18(19)21-17-8-5-13(2)9-16(14)17/h3-10H,11H2,1-2H3. The molecule has 0 radical (unpaired) electrons. The van der Waals surface area contributed by atoms with Crippen LogP contribution in [0, 0.1) is 13.8 Å². The zero-order chi connectivity index (χ0) is 14.8. The van der Waals surface area contributed by atoms with Crippen molar-refractivity contribution in [1.29, 1.82) is 0 Å². The molecule has 0 unspecified atom stereocenters. The van der Waals surface area contributed by atoms with Crippen molar-refractivity contribution in [2.75, 3.05) is 0 Å². The van der Waals surface area contributed by atoms with Crippen LogP contribution in [0.15, 0.2) is 57.7 Å². The number of ether oxygens (including phenoxy) is 1. The Morgan fingerprint density at radius 2 is 1.67 bits per heavy atom. The molecule has 0 fully saturated rings. The summed E-state index contributed by atoms with van der Waals surface area (Å²) in [6.45, 7) is 4.38. The Kier molecular flexibility index (Phi) is 3.48. The predicted molar refractivity (Wildman–Crippen MR) is 82.7 cm³/mol. The Hall–Kier alpha value is -2.55. The number of hydrogen-bond acceptors (Lipinski definition) is 3. The molecule has 3 heteroatoms. The molecular formula is C18H16O3. The Balaban J connectivity index is 1.94. The van der Waals surface area contributed by atoms with E-state index in [0.29, 0.717) is 12.2 Å². The molecule has 0 spiro atoms. The molecule has 3 rings (SSSR count). The van der Waals surface area contributed by atoms with Gasteiger partial charge in [0.2, 0.25) is 0 Å². The summed E-state index contributed by atoms with van der Waals surface area (Å²) in [7, 11) is 0. The monoisotopic (exact) mass is 280 g/mol. The van der Waals surface area contributed by atoms with Gasteiger partial charge in [-0.1, -0.05) is 29.3 Å². The Bertz CT molecular complexity index is 829. The van der Waals surface area contributed by atoms with Crippen molar-refractivity contribution in [3.05, 3.63) is 75.6 Å². The zero-order valence-electron chi connectivity index (χ0n) is 12.1. The Morgan fingerprint density at radius 3 is 2.43 bits per heavy atom. The van der Waals surface area contributed by atoms with Crippen LogP contribution in [0.4, 0.5) is 0 Å². The largest absolute Gasteiger partial charge is 0.489 e. The van der Waals surface area contributed by atoms with Crippen molar-refractivity contribution in [1.82, 2.24) is 0 Å². The summed E-state index contributed by atoms with van der Waals surface area (Å²) in [5, 5.41) is 0.918. The van der Waals surface area contributed by atoms with E-state index < -0.39 is 0 Å². The minimum Gasteiger partial charge on any atom is -0.489 e. The molecule has 0 aliphatic rings. The van der Waals surface area contributed by atoms with Crippen molar-refractivity contribution >= 4 is 11.0 Å². The molecule has 1 aromatic heterocycles. The van der Waals surface area contributed by atoms with Crippen molar-refractivity contribution in [2.24, 2.45) is 0 Å². The third-order valence-electron chi connectivity index (χ3n) is 3.40. The third-order valence-corrected chi connectivity index (χ3v) is 3.40. The van der Waals surface area contributed by atoms with Crippen molar-refractivity contribution in [3.8, 4) is 5.75 Å². The molecule has 0 aliphatic heterocycles. The van der Waals surface area contributed by atoms with E-state index in [-0.39, 0.29) is 5.63 Å². The Labute approximate surface area is 122 Å². The predicted octanol–water partition coefficient (Wildman–Crippen LogP) is 3.99. The highest BCUT2D eigenvalue weighted by atomic mass is 16.5. The van der Waals surface area contributed by atoms with Crippen LogP contribution in [0.3, 0.4) is 0 Å². The van der Waals surface area contributed by atoms with Gasteiger partial charge in [-0.15, -0.1) is 0 Å². The maximum Gasteiger partial charge on any atom is 0.336 e. The molecule has 0 aliphatic carbocycles. The van der Waals surface area contributed by atoms with Crippen LogP contribution in [0.5, 0.6) is 5.75 Å². The summed E-state index contributed by atoms with van der Waals surface area (Å²) in [6.07, 6.45) is 0. The first kappa shape index (κ1) is 13.4. The van der Waals surface area contributed by atoms with Crippen LogP contribution in [0.25, 0.3) is 11.0 Å². The first-order valence-electron chi connectivity index (χ1n) is 6.85. The number of benzene rings is 2. The van der Waals surface area contributed by atoms with Gasteiger partial charge in [-0.05, 0) is 38.1 Å². The fourth-order valence-corrected chi connectivity index (χ4v) is 2.26. The van der Waals surface area contributed by atoms with Crippen LogP contribution in [0.2, 0.25) is 0 Å². The van der Waals surface area contributed by atoms with Gasteiger partial charge in [0.05, 0.1) is 0 Å². The second-order valence-electron chi connectivity index (χ2n) is 5.19. The van der Waals surface area contributed by atoms with E-state index in [1.165, 1.54) is 11.6 Å². The minimum atomic E-state index is -0.353. The molecule has 3 aromatic rings. The van der Waals surface area contributed by atoms with Gasteiger partial charge in [-0.2, -0.15) is 0 Å². The van der Waals surface area contributed by atoms with Crippen molar-refractivity contribution in [2.45, 2.75) is 20.5 Å². The number of fused-ring (bicyclic) bond motifs is 1. The zero-order valence-corrected chi connectivity index (χ0v) is 12.1. The molecule has 3 nitrogen and oxygen atoms in total. The second-order valence-corrected chi connectivity index (χ2v) is 5.19. The van der Waals surface area contributed by atoms with Gasteiger partial charge in [-0.3, -0.25) is 0 Å². The van der Waals surface area contributed by atoms with Crippen molar-refractivity contribution < 1.29 is 9.15 Å². The molecule has 0 atom stereocenters. The fourth-order valence-electron chi connectivity index (χ4n) is 2.26. The molecule has 2 aromatic carbocycles. The molecule has 0 bridgehead atoms. The number of hydrogen-bond donors (Lipinski definition) is 0. The highest BCUT2D eigenvalue weighted by Crippen LogP contribution is 2.20. The van der Waals surface area contributed by atoms with Gasteiger partial charge in [0.15, 0.2) is 0 Å². The fraction of sp³-hybridized carbons (Fsp3) is 0.167. The first-order valence-corrected chi connectivity index (χ1v) is 6.85. The van der Waals surface area contributed by atoms with Gasteiger partial charge in [-0.25, -0.2) is 4.79 Å². The maximum absolute atomic E-state index is 11.6. The summed E-state index contributed by atoms with van der Waals surface area (Å²) in [6, 6.07) is 15.1. The van der Waals surface area contributed by atoms with Crippen LogP contribution < -0.4 is 10.4 Å². The molecule has 0 amide bonds. The third kappa shape index (κ3) is 2.97. The molecule has 0 N–H and O–H groups in total. The summed E-state index contributed by atoms with van der Waals surface area (Å²) >= 11 is 0. The summed E-state index contributed by atoms with van der Waals surface area (Å²) < 4.78 is 11.0. The average Bonchev–Trinajstić information content (AvgIpc) is 2.47. The lowest BCUT2D eigenvalue weighted by Gasteiger charge is -2.09. The molecule has 21 heavy (non-hydrogen) atoms. The SMILES string of the molecule is Cc1ccc(OCc2cc(=O)oc3ccc(C)cc23)cc1. The van der Waals surface area contributed by atoms with Crippen LogP contribution >= 0.6 is 0 Å². The van der Waals surface area contributed by atoms with Crippen molar-refractivity contribution in [3.63, 3.8) is 0 Å². The molecule has 0 saturated carbocycles. The van der Waals surface area contributed by atoms with E-state index in [2.05, 4.69) is 0 Å². The van der Waals surface area contributed by atoms with E-state index >= 15 is 0 Å². The van der Waals surface area contributed by atoms with Gasteiger partial charge in [0.1, 0.15) is 17.9 Å². The summed E-state index contributed by atoms with van der Waals surface area (Å²) in [4.78, 5) is 11.6. The van der Waals surface area contributed by atoms with E-state index in [4.69, 9.17) is 9.15 Å². The molecule has 1 heterocycles. The van der Waals surface area contributed by atoms with Crippen LogP contribution in [-0.4, -0.2) is 0 Å². The van der Waals surface area contributed by atoms with E-state index in [1.807, 2.05) is 56.3 Å². The average molecular weight is 280 g/mol. The molecule has 0 saturated heterocycles. The smallest absolute Gasteiger partial charge is 0.336 e. The normalized spacial score (nSPS) is 10.8. The van der Waals surface area contributed by atoms with E-state index in [0.717, 1.165) is 22.3 Å². The molecular weight excluding hydrogens is 264 g/mol. The topological polar surface area (TPSA) is 39.4 Å². The summed E-state index contributed by atoms with van der Waals surface area (Å²) in [5.41, 5.74) is 3.38.